The summed E-state index contributed by atoms with van der Waals surface area (Å²) in [5.41, 5.74) is 7.78. The lowest BCUT2D eigenvalue weighted by molar-refractivity contribution is 0.102. The van der Waals surface area contributed by atoms with Crippen molar-refractivity contribution in [2.24, 2.45) is 0 Å². The van der Waals surface area contributed by atoms with Crippen molar-refractivity contribution in [3.8, 4) is 0 Å². The third-order valence-electron chi connectivity index (χ3n) is 2.25. The van der Waals surface area contributed by atoms with Crippen LogP contribution in [0.5, 0.6) is 0 Å². The van der Waals surface area contributed by atoms with Crippen LogP contribution in [-0.2, 0) is 0 Å². The average molecular weight is 232 g/mol. The number of aromatic amines is 1. The molecule has 0 radical (unpaired) electrons. The number of nitrogens with zero attached hydrogens (tertiary/aromatic N) is 3. The van der Waals surface area contributed by atoms with Gasteiger partial charge >= 0.3 is 0 Å². The highest BCUT2D eigenvalue weighted by molar-refractivity contribution is 6.03. The summed E-state index contributed by atoms with van der Waals surface area (Å²) in [5.74, 6) is -0.157. The monoisotopic (exact) mass is 232 g/mol. The van der Waals surface area contributed by atoms with Crippen LogP contribution in [0.2, 0.25) is 0 Å². The molecule has 0 saturated heterocycles. The predicted molar refractivity (Wildman–Crippen MR) is 62.5 cm³/mol. The van der Waals surface area contributed by atoms with Gasteiger partial charge in [-0.3, -0.25) is 14.9 Å². The smallest absolute Gasteiger partial charge is 0.276 e. The highest BCUT2D eigenvalue weighted by Gasteiger charge is 2.13. The summed E-state index contributed by atoms with van der Waals surface area (Å²) in [7, 11) is 0. The van der Waals surface area contributed by atoms with E-state index in [1.807, 2.05) is 6.92 Å². The molecule has 0 aliphatic heterocycles. The van der Waals surface area contributed by atoms with Gasteiger partial charge in [-0.05, 0) is 13.8 Å². The second-order valence-electron chi connectivity index (χ2n) is 3.59. The number of nitrogens with two attached hydrogens (primary N) is 1. The van der Waals surface area contributed by atoms with Gasteiger partial charge in [-0.1, -0.05) is 0 Å². The molecule has 7 nitrogen and oxygen atoms in total. The zero-order valence-electron chi connectivity index (χ0n) is 9.48. The molecule has 0 aliphatic carbocycles. The fourth-order valence-corrected chi connectivity index (χ4v) is 1.40. The van der Waals surface area contributed by atoms with Gasteiger partial charge in [0, 0.05) is 0 Å². The molecule has 0 aromatic carbocycles. The molecule has 17 heavy (non-hydrogen) atoms. The zero-order chi connectivity index (χ0) is 12.4. The van der Waals surface area contributed by atoms with Gasteiger partial charge in [0.2, 0.25) is 0 Å². The first kappa shape index (κ1) is 11.1. The first-order valence-electron chi connectivity index (χ1n) is 4.98. The number of H-pyrrole nitrogens is 1. The van der Waals surface area contributed by atoms with Crippen molar-refractivity contribution in [2.75, 3.05) is 11.1 Å². The summed E-state index contributed by atoms with van der Waals surface area (Å²) >= 11 is 0. The molecule has 0 bridgehead atoms. The molecule has 4 N–H and O–H groups in total. The minimum absolute atomic E-state index is 0.171. The van der Waals surface area contributed by atoms with E-state index in [1.54, 1.807) is 6.92 Å². The van der Waals surface area contributed by atoms with Crippen molar-refractivity contribution in [3.05, 3.63) is 29.5 Å². The van der Waals surface area contributed by atoms with Crippen LogP contribution in [0.25, 0.3) is 0 Å². The molecule has 0 atom stereocenters. The summed E-state index contributed by atoms with van der Waals surface area (Å²) in [6.07, 6.45) is 2.74. The number of hydrogen-bond donors (Lipinski definition) is 3. The first-order chi connectivity index (χ1) is 8.08. The summed E-state index contributed by atoms with van der Waals surface area (Å²) in [4.78, 5) is 19.6. The van der Waals surface area contributed by atoms with Crippen LogP contribution in [-0.4, -0.2) is 26.1 Å². The Balaban J connectivity index is 2.23. The molecule has 0 unspecified atom stereocenters. The van der Waals surface area contributed by atoms with Gasteiger partial charge in [0.25, 0.3) is 5.91 Å². The zero-order valence-corrected chi connectivity index (χ0v) is 9.48. The van der Waals surface area contributed by atoms with Crippen LogP contribution in [0, 0.1) is 13.8 Å². The molecule has 2 aromatic rings. The Bertz CT molecular complexity index is 542. The molecule has 2 aromatic heterocycles. The van der Waals surface area contributed by atoms with E-state index in [9.17, 15) is 4.79 Å². The normalized spacial score (nSPS) is 10.2. The minimum Gasteiger partial charge on any atom is -0.382 e. The molecule has 0 spiro atoms. The Morgan fingerprint density at radius 2 is 2.18 bits per heavy atom. The number of nitrogens with one attached hydrogen (secondary N) is 2. The molecule has 2 rings (SSSR count). The topological polar surface area (TPSA) is 110 Å². The molecule has 0 aliphatic rings. The van der Waals surface area contributed by atoms with Gasteiger partial charge in [0.1, 0.15) is 11.5 Å². The number of rotatable bonds is 2. The van der Waals surface area contributed by atoms with E-state index in [0.29, 0.717) is 11.4 Å². The lowest BCUT2D eigenvalue weighted by Gasteiger charge is -2.04. The van der Waals surface area contributed by atoms with Crippen molar-refractivity contribution < 1.29 is 4.79 Å². The van der Waals surface area contributed by atoms with Crippen LogP contribution >= 0.6 is 0 Å². The number of carbonyl (C=O) groups is 1. The third-order valence-corrected chi connectivity index (χ3v) is 2.25. The van der Waals surface area contributed by atoms with Crippen LogP contribution in [0.4, 0.5) is 11.5 Å². The minimum atomic E-state index is -0.364. The average Bonchev–Trinajstić information content (AvgIpc) is 2.61. The number of anilines is 2. The van der Waals surface area contributed by atoms with Gasteiger partial charge in [-0.25, -0.2) is 4.98 Å². The van der Waals surface area contributed by atoms with E-state index in [1.165, 1.54) is 12.4 Å². The van der Waals surface area contributed by atoms with Crippen LogP contribution < -0.4 is 11.1 Å². The molecular formula is C10H12N6O. The van der Waals surface area contributed by atoms with Crippen molar-refractivity contribution in [1.29, 1.82) is 0 Å². The predicted octanol–water partition coefficient (Wildman–Crippen LogP) is 0.651. The van der Waals surface area contributed by atoms with Gasteiger partial charge < -0.3 is 11.1 Å². The van der Waals surface area contributed by atoms with E-state index in [-0.39, 0.29) is 17.4 Å². The molecular weight excluding hydrogens is 220 g/mol. The fourth-order valence-electron chi connectivity index (χ4n) is 1.40. The summed E-state index contributed by atoms with van der Waals surface area (Å²) < 4.78 is 0. The van der Waals surface area contributed by atoms with Gasteiger partial charge in [0.05, 0.1) is 29.5 Å². The summed E-state index contributed by atoms with van der Waals surface area (Å²) in [5, 5.41) is 9.47. The number of aryl methyl sites for hydroxylation is 2. The van der Waals surface area contributed by atoms with Crippen molar-refractivity contribution in [3.63, 3.8) is 0 Å². The van der Waals surface area contributed by atoms with Gasteiger partial charge in [0.15, 0.2) is 0 Å². The Morgan fingerprint density at radius 1 is 1.41 bits per heavy atom. The molecule has 0 saturated carbocycles. The lowest BCUT2D eigenvalue weighted by Crippen LogP contribution is -2.15. The second kappa shape index (κ2) is 4.20. The number of nitrogen functional groups attached to an aromatic ring is 1. The standard InChI is InChI=1S/C10H12N6O/c1-5-9(6(2)16-15-5)14-10(17)7-3-12-4-8(11)13-7/h3-4H,1-2H3,(H2,11,13)(H,14,17)(H,15,16). The van der Waals surface area contributed by atoms with E-state index >= 15 is 0 Å². The largest absolute Gasteiger partial charge is 0.382 e. The van der Waals surface area contributed by atoms with Gasteiger partial charge in [-0.2, -0.15) is 5.10 Å². The van der Waals surface area contributed by atoms with Crippen molar-refractivity contribution in [2.45, 2.75) is 13.8 Å². The number of carbonyl (C=O) groups excluding carboxylic acids is 1. The maximum atomic E-state index is 11.9. The van der Waals surface area contributed by atoms with Crippen molar-refractivity contribution >= 4 is 17.4 Å². The Hall–Kier alpha value is -2.44. The van der Waals surface area contributed by atoms with Crippen LogP contribution in [0.1, 0.15) is 21.9 Å². The maximum Gasteiger partial charge on any atom is 0.276 e. The fraction of sp³-hybridized carbons (Fsp3) is 0.200. The molecule has 88 valence electrons. The maximum absolute atomic E-state index is 11.9. The van der Waals surface area contributed by atoms with Gasteiger partial charge in [-0.15, -0.1) is 0 Å². The Kier molecular flexibility index (Phi) is 2.73. The highest BCUT2D eigenvalue weighted by Crippen LogP contribution is 2.16. The molecule has 2 heterocycles. The van der Waals surface area contributed by atoms with E-state index in [4.69, 9.17) is 5.73 Å². The van der Waals surface area contributed by atoms with Crippen LogP contribution in [0.3, 0.4) is 0 Å². The molecule has 0 fully saturated rings. The molecule has 1 amide bonds. The lowest BCUT2D eigenvalue weighted by atomic mass is 10.3. The number of hydrogen-bond acceptors (Lipinski definition) is 5. The summed E-state index contributed by atoms with van der Waals surface area (Å²) in [6.45, 7) is 3.62. The van der Waals surface area contributed by atoms with E-state index in [0.717, 1.165) is 5.69 Å². The first-order valence-corrected chi connectivity index (χ1v) is 4.98. The second-order valence-corrected chi connectivity index (χ2v) is 3.59. The Morgan fingerprint density at radius 3 is 2.76 bits per heavy atom. The number of amides is 1. The Labute approximate surface area is 97.5 Å². The third kappa shape index (κ3) is 2.22. The SMILES string of the molecule is Cc1n[nH]c(C)c1NC(=O)c1cncc(N)n1. The summed E-state index contributed by atoms with van der Waals surface area (Å²) in [6, 6.07) is 0. The van der Waals surface area contributed by atoms with E-state index in [2.05, 4.69) is 25.5 Å². The van der Waals surface area contributed by atoms with Crippen LogP contribution in [0.15, 0.2) is 12.4 Å². The quantitative estimate of drug-likeness (QED) is 0.704. The number of aromatic nitrogens is 4. The van der Waals surface area contributed by atoms with E-state index < -0.39 is 0 Å². The van der Waals surface area contributed by atoms with Crippen molar-refractivity contribution in [1.82, 2.24) is 20.2 Å². The molecule has 7 heteroatoms. The highest BCUT2D eigenvalue weighted by atomic mass is 16.1.